The molecule has 0 aromatic heterocycles. The fraction of sp³-hybridized carbons (Fsp3) is 0.500. The van der Waals surface area contributed by atoms with Gasteiger partial charge in [-0.1, -0.05) is 0 Å². The summed E-state index contributed by atoms with van der Waals surface area (Å²) >= 11 is 3.19. The van der Waals surface area contributed by atoms with Crippen molar-refractivity contribution in [2.24, 2.45) is 0 Å². The lowest BCUT2D eigenvalue weighted by molar-refractivity contribution is -0.137. The van der Waals surface area contributed by atoms with Gasteiger partial charge < -0.3 is 10.6 Å². The molecule has 2 rings (SSSR count). The second-order valence-electron chi connectivity index (χ2n) is 4.80. The van der Waals surface area contributed by atoms with Crippen molar-refractivity contribution in [2.75, 3.05) is 18.4 Å². The van der Waals surface area contributed by atoms with Crippen LogP contribution in [0.4, 0.5) is 18.9 Å². The van der Waals surface area contributed by atoms with Gasteiger partial charge in [0.15, 0.2) is 0 Å². The second kappa shape index (κ2) is 4.74. The van der Waals surface area contributed by atoms with E-state index >= 15 is 0 Å². The van der Waals surface area contributed by atoms with Crippen LogP contribution in [0.1, 0.15) is 18.9 Å². The minimum absolute atomic E-state index is 0.109. The molecule has 1 aliphatic rings. The van der Waals surface area contributed by atoms with E-state index in [1.165, 1.54) is 6.07 Å². The van der Waals surface area contributed by atoms with Gasteiger partial charge in [0.2, 0.25) is 0 Å². The van der Waals surface area contributed by atoms with E-state index < -0.39 is 11.7 Å². The van der Waals surface area contributed by atoms with E-state index in [1.54, 1.807) is 0 Å². The van der Waals surface area contributed by atoms with Gasteiger partial charge in [-0.2, -0.15) is 13.2 Å². The topological polar surface area (TPSA) is 24.1 Å². The van der Waals surface area contributed by atoms with Crippen molar-refractivity contribution in [1.82, 2.24) is 5.32 Å². The molecular weight excluding hydrogens is 309 g/mol. The first-order valence-corrected chi connectivity index (χ1v) is 6.45. The van der Waals surface area contributed by atoms with Gasteiger partial charge in [0.1, 0.15) is 0 Å². The number of nitrogens with one attached hydrogen (secondary N) is 2. The molecule has 1 heterocycles. The summed E-state index contributed by atoms with van der Waals surface area (Å²) in [5.41, 5.74) is -0.0637. The highest BCUT2D eigenvalue weighted by Crippen LogP contribution is 2.35. The van der Waals surface area contributed by atoms with Crippen molar-refractivity contribution >= 4 is 21.6 Å². The highest BCUT2D eigenvalue weighted by Gasteiger charge is 2.32. The molecule has 1 aliphatic heterocycles. The molecule has 2 N–H and O–H groups in total. The first-order chi connectivity index (χ1) is 8.30. The van der Waals surface area contributed by atoms with Crippen molar-refractivity contribution in [3.05, 3.63) is 28.2 Å². The fourth-order valence-corrected chi connectivity index (χ4v) is 2.52. The summed E-state index contributed by atoms with van der Waals surface area (Å²) in [6, 6.07) is 3.67. The van der Waals surface area contributed by atoms with Crippen LogP contribution in [-0.4, -0.2) is 18.6 Å². The second-order valence-corrected chi connectivity index (χ2v) is 5.66. The molecule has 1 aromatic carbocycles. The molecule has 1 saturated heterocycles. The minimum atomic E-state index is -4.31. The van der Waals surface area contributed by atoms with Gasteiger partial charge in [-0.3, -0.25) is 0 Å². The molecule has 100 valence electrons. The lowest BCUT2D eigenvalue weighted by atomic mass is 10.0. The summed E-state index contributed by atoms with van der Waals surface area (Å²) in [5.74, 6) is 0. The third-order valence-electron chi connectivity index (χ3n) is 3.10. The number of rotatable bonds is 2. The van der Waals surface area contributed by atoms with Crippen LogP contribution < -0.4 is 10.6 Å². The van der Waals surface area contributed by atoms with E-state index in [0.29, 0.717) is 10.2 Å². The summed E-state index contributed by atoms with van der Waals surface area (Å²) in [6.45, 7) is 3.78. The standard InChI is InChI=1S/C12H14BrF3N2/c1-11(4-5-17-7-11)18-10-3-2-8(6-9(10)13)12(14,15)16/h2-3,6,17-18H,4-5,7H2,1H3. The Hall–Kier alpha value is -0.750. The summed E-state index contributed by atoms with van der Waals surface area (Å²) in [4.78, 5) is 0. The van der Waals surface area contributed by atoms with Crippen LogP contribution in [0.3, 0.4) is 0 Å². The number of hydrogen-bond acceptors (Lipinski definition) is 2. The van der Waals surface area contributed by atoms with Gasteiger partial charge in [-0.25, -0.2) is 0 Å². The predicted octanol–water partition coefficient (Wildman–Crippen LogP) is 3.63. The Bertz CT molecular complexity index is 439. The van der Waals surface area contributed by atoms with Gasteiger partial charge in [-0.15, -0.1) is 0 Å². The monoisotopic (exact) mass is 322 g/mol. The van der Waals surface area contributed by atoms with Crippen LogP contribution >= 0.6 is 15.9 Å². The summed E-state index contributed by atoms with van der Waals surface area (Å²) in [6.07, 6.45) is -3.36. The molecule has 0 amide bonds. The van der Waals surface area contributed by atoms with Crippen molar-refractivity contribution in [3.63, 3.8) is 0 Å². The third-order valence-corrected chi connectivity index (χ3v) is 3.76. The first kappa shape index (κ1) is 13.7. The summed E-state index contributed by atoms with van der Waals surface area (Å²) < 4.78 is 38.0. The summed E-state index contributed by atoms with van der Waals surface area (Å²) in [5, 5.41) is 6.52. The molecule has 1 atom stereocenters. The third kappa shape index (κ3) is 2.98. The SMILES string of the molecule is CC1(Nc2ccc(C(F)(F)F)cc2Br)CCNC1. The average Bonchev–Trinajstić information content (AvgIpc) is 2.67. The minimum Gasteiger partial charge on any atom is -0.378 e. The number of anilines is 1. The van der Waals surface area contributed by atoms with E-state index in [0.717, 1.165) is 31.6 Å². The molecular formula is C12H14BrF3N2. The zero-order valence-corrected chi connectivity index (χ0v) is 11.5. The molecule has 1 fully saturated rings. The molecule has 0 spiro atoms. The molecule has 2 nitrogen and oxygen atoms in total. The maximum absolute atomic E-state index is 12.5. The predicted molar refractivity (Wildman–Crippen MR) is 68.7 cm³/mol. The van der Waals surface area contributed by atoms with Gasteiger partial charge in [0.05, 0.1) is 5.56 Å². The van der Waals surface area contributed by atoms with E-state index in [2.05, 4.69) is 33.5 Å². The Morgan fingerprint density at radius 3 is 2.61 bits per heavy atom. The van der Waals surface area contributed by atoms with E-state index in [9.17, 15) is 13.2 Å². The largest absolute Gasteiger partial charge is 0.416 e. The lowest BCUT2D eigenvalue weighted by Crippen LogP contribution is -2.36. The molecule has 0 saturated carbocycles. The number of hydrogen-bond donors (Lipinski definition) is 2. The normalized spacial score (nSPS) is 24.3. The zero-order valence-electron chi connectivity index (χ0n) is 9.87. The van der Waals surface area contributed by atoms with Gasteiger partial charge in [0, 0.05) is 22.2 Å². The molecule has 0 radical (unpaired) electrons. The van der Waals surface area contributed by atoms with Crippen LogP contribution in [0.25, 0.3) is 0 Å². The average molecular weight is 323 g/mol. The van der Waals surface area contributed by atoms with Crippen LogP contribution in [0.15, 0.2) is 22.7 Å². The molecule has 18 heavy (non-hydrogen) atoms. The quantitative estimate of drug-likeness (QED) is 0.868. The van der Waals surface area contributed by atoms with Crippen LogP contribution in [0.2, 0.25) is 0 Å². The number of halogens is 4. The molecule has 1 unspecified atom stereocenters. The van der Waals surface area contributed by atoms with E-state index in [4.69, 9.17) is 0 Å². The first-order valence-electron chi connectivity index (χ1n) is 5.66. The smallest absolute Gasteiger partial charge is 0.378 e. The highest BCUT2D eigenvalue weighted by atomic mass is 79.9. The Labute approximate surface area is 112 Å². The van der Waals surface area contributed by atoms with Crippen molar-refractivity contribution in [3.8, 4) is 0 Å². The van der Waals surface area contributed by atoms with E-state index in [-0.39, 0.29) is 5.54 Å². The van der Waals surface area contributed by atoms with Crippen molar-refractivity contribution in [1.29, 1.82) is 0 Å². The Kier molecular flexibility index (Phi) is 3.60. The molecule has 6 heteroatoms. The van der Waals surface area contributed by atoms with Gasteiger partial charge in [0.25, 0.3) is 0 Å². The zero-order chi connectivity index (χ0) is 13.4. The fourth-order valence-electron chi connectivity index (χ4n) is 2.04. The maximum atomic E-state index is 12.5. The van der Waals surface area contributed by atoms with Gasteiger partial charge in [-0.05, 0) is 54.0 Å². The number of benzene rings is 1. The van der Waals surface area contributed by atoms with Crippen molar-refractivity contribution in [2.45, 2.75) is 25.1 Å². The summed E-state index contributed by atoms with van der Waals surface area (Å²) in [7, 11) is 0. The number of alkyl halides is 3. The Balaban J connectivity index is 2.20. The lowest BCUT2D eigenvalue weighted by Gasteiger charge is -2.27. The van der Waals surface area contributed by atoms with Crippen LogP contribution in [0.5, 0.6) is 0 Å². The molecule has 0 bridgehead atoms. The van der Waals surface area contributed by atoms with Crippen LogP contribution in [-0.2, 0) is 6.18 Å². The Morgan fingerprint density at radius 1 is 1.39 bits per heavy atom. The maximum Gasteiger partial charge on any atom is 0.416 e. The van der Waals surface area contributed by atoms with E-state index in [1.807, 2.05) is 0 Å². The van der Waals surface area contributed by atoms with Crippen molar-refractivity contribution < 1.29 is 13.2 Å². The molecule has 1 aromatic rings. The Morgan fingerprint density at radius 2 is 2.11 bits per heavy atom. The van der Waals surface area contributed by atoms with Crippen LogP contribution in [0, 0.1) is 0 Å². The molecule has 0 aliphatic carbocycles. The highest BCUT2D eigenvalue weighted by molar-refractivity contribution is 9.10. The van der Waals surface area contributed by atoms with Gasteiger partial charge >= 0.3 is 6.18 Å².